The van der Waals surface area contributed by atoms with Crippen LogP contribution in [0.1, 0.15) is 24.8 Å². The lowest BCUT2D eigenvalue weighted by molar-refractivity contribution is -0.0435. The minimum atomic E-state index is 0.179. The van der Waals surface area contributed by atoms with Crippen molar-refractivity contribution in [2.75, 3.05) is 40.3 Å². The minimum absolute atomic E-state index is 0.179. The van der Waals surface area contributed by atoms with Crippen LogP contribution in [0.4, 0.5) is 0 Å². The molecule has 3 heteroatoms. The number of ether oxygens (including phenoxy) is 1. The summed E-state index contributed by atoms with van der Waals surface area (Å²) in [7, 11) is 4.34. The van der Waals surface area contributed by atoms with Crippen LogP contribution in [0.3, 0.4) is 0 Å². The summed E-state index contributed by atoms with van der Waals surface area (Å²) in [4.78, 5) is 4.92. The van der Waals surface area contributed by atoms with Gasteiger partial charge in [0.15, 0.2) is 0 Å². The van der Waals surface area contributed by atoms with Crippen molar-refractivity contribution < 1.29 is 4.74 Å². The second kappa shape index (κ2) is 6.47. The van der Waals surface area contributed by atoms with Gasteiger partial charge in [-0.05, 0) is 45.3 Å². The van der Waals surface area contributed by atoms with E-state index in [0.717, 1.165) is 13.0 Å². The van der Waals surface area contributed by atoms with Crippen LogP contribution >= 0.6 is 0 Å². The van der Waals surface area contributed by atoms with Gasteiger partial charge in [0.05, 0.1) is 12.2 Å². The zero-order chi connectivity index (χ0) is 14.7. The molecule has 1 spiro atoms. The number of likely N-dealkylation sites (tertiary alicyclic amines) is 1. The highest BCUT2D eigenvalue weighted by Gasteiger charge is 2.43. The summed E-state index contributed by atoms with van der Waals surface area (Å²) in [5, 5.41) is 0. The number of hydrogen-bond acceptors (Lipinski definition) is 3. The Morgan fingerprint density at radius 2 is 1.90 bits per heavy atom. The van der Waals surface area contributed by atoms with E-state index < -0.39 is 0 Å². The van der Waals surface area contributed by atoms with Crippen LogP contribution in [0.2, 0.25) is 0 Å². The van der Waals surface area contributed by atoms with Crippen molar-refractivity contribution in [3.05, 3.63) is 35.9 Å². The van der Waals surface area contributed by atoms with Crippen LogP contribution in [-0.4, -0.2) is 61.8 Å². The average Bonchev–Trinajstić information content (AvgIpc) is 2.92. The van der Waals surface area contributed by atoms with Crippen LogP contribution in [0.5, 0.6) is 0 Å². The molecule has 1 aromatic carbocycles. The number of benzene rings is 1. The molecule has 3 rings (SSSR count). The summed E-state index contributed by atoms with van der Waals surface area (Å²) in [6.45, 7) is 4.47. The van der Waals surface area contributed by atoms with Gasteiger partial charge in [0, 0.05) is 25.7 Å². The van der Waals surface area contributed by atoms with E-state index in [1.807, 2.05) is 0 Å². The van der Waals surface area contributed by atoms with Gasteiger partial charge in [0.25, 0.3) is 0 Å². The van der Waals surface area contributed by atoms with Crippen LogP contribution in [0.25, 0.3) is 0 Å². The van der Waals surface area contributed by atoms with Gasteiger partial charge >= 0.3 is 0 Å². The van der Waals surface area contributed by atoms with E-state index in [2.05, 4.69) is 54.2 Å². The molecular formula is C18H28N2O. The number of piperidine rings is 1. The minimum Gasteiger partial charge on any atom is -0.373 e. The Kier molecular flexibility index (Phi) is 4.63. The summed E-state index contributed by atoms with van der Waals surface area (Å²) in [5.41, 5.74) is 1.63. The molecule has 0 N–H and O–H groups in total. The predicted octanol–water partition coefficient (Wildman–Crippen LogP) is 2.41. The predicted molar refractivity (Wildman–Crippen MR) is 86.6 cm³/mol. The van der Waals surface area contributed by atoms with E-state index in [1.54, 1.807) is 0 Å². The van der Waals surface area contributed by atoms with Gasteiger partial charge in [-0.15, -0.1) is 0 Å². The monoisotopic (exact) mass is 288 g/mol. The second-order valence-corrected chi connectivity index (χ2v) is 6.89. The maximum atomic E-state index is 6.20. The lowest BCUT2D eigenvalue weighted by atomic mass is 9.87. The topological polar surface area (TPSA) is 15.7 Å². The first kappa shape index (κ1) is 15.0. The molecule has 2 aliphatic rings. The number of likely N-dealkylation sites (N-methyl/N-ethyl adjacent to an activating group) is 1. The van der Waals surface area contributed by atoms with Crippen LogP contribution in [0, 0.1) is 0 Å². The molecule has 0 aliphatic carbocycles. The highest BCUT2D eigenvalue weighted by molar-refractivity contribution is 5.15. The maximum Gasteiger partial charge on any atom is 0.0723 e. The van der Waals surface area contributed by atoms with Crippen molar-refractivity contribution in [2.45, 2.75) is 37.3 Å². The third kappa shape index (κ3) is 3.65. The lowest BCUT2D eigenvalue weighted by Gasteiger charge is -2.39. The number of hydrogen-bond donors (Lipinski definition) is 0. The average molecular weight is 288 g/mol. The van der Waals surface area contributed by atoms with Gasteiger partial charge in [-0.3, -0.25) is 0 Å². The highest BCUT2D eigenvalue weighted by Crippen LogP contribution is 2.37. The molecule has 2 saturated heterocycles. The largest absolute Gasteiger partial charge is 0.373 e. The Labute approximate surface area is 128 Å². The molecule has 1 unspecified atom stereocenters. The van der Waals surface area contributed by atoms with Crippen molar-refractivity contribution in [3.63, 3.8) is 0 Å². The molecule has 2 heterocycles. The molecule has 0 aromatic heterocycles. The van der Waals surface area contributed by atoms with Gasteiger partial charge in [-0.2, -0.15) is 0 Å². The fraction of sp³-hybridized carbons (Fsp3) is 0.667. The first-order valence-corrected chi connectivity index (χ1v) is 8.24. The fourth-order valence-electron chi connectivity index (χ4n) is 3.62. The van der Waals surface area contributed by atoms with Gasteiger partial charge in [0.2, 0.25) is 0 Å². The van der Waals surface area contributed by atoms with Crippen LogP contribution in [-0.2, 0) is 11.2 Å². The van der Waals surface area contributed by atoms with Gasteiger partial charge < -0.3 is 14.5 Å². The van der Waals surface area contributed by atoms with Crippen molar-refractivity contribution in [3.8, 4) is 0 Å². The normalized spacial score (nSPS) is 25.8. The fourth-order valence-corrected chi connectivity index (χ4v) is 3.62. The van der Waals surface area contributed by atoms with Crippen molar-refractivity contribution >= 4 is 0 Å². The summed E-state index contributed by atoms with van der Waals surface area (Å²) in [6.07, 6.45) is 4.78. The Morgan fingerprint density at radius 3 is 2.52 bits per heavy atom. The van der Waals surface area contributed by atoms with Crippen LogP contribution < -0.4 is 0 Å². The van der Waals surface area contributed by atoms with E-state index in [0.29, 0.717) is 6.04 Å². The SMILES string of the molecule is CN(C)C1COC2(CCN(CCc3ccccc3)CC2)C1. The molecule has 21 heavy (non-hydrogen) atoms. The Balaban J connectivity index is 1.45. The molecular weight excluding hydrogens is 260 g/mol. The van der Waals surface area contributed by atoms with E-state index in [1.165, 1.54) is 44.5 Å². The number of nitrogens with zero attached hydrogens (tertiary/aromatic N) is 2. The van der Waals surface area contributed by atoms with Crippen molar-refractivity contribution in [1.82, 2.24) is 9.80 Å². The summed E-state index contributed by atoms with van der Waals surface area (Å²) in [6, 6.07) is 11.4. The third-order valence-corrected chi connectivity index (χ3v) is 5.25. The summed E-state index contributed by atoms with van der Waals surface area (Å²) in [5.74, 6) is 0. The maximum absolute atomic E-state index is 6.20. The Bertz CT molecular complexity index is 438. The molecule has 3 nitrogen and oxygen atoms in total. The molecule has 1 atom stereocenters. The molecule has 0 amide bonds. The standard InChI is InChI=1S/C18H28N2O/c1-19(2)17-14-18(21-15-17)9-12-20(13-10-18)11-8-16-6-4-3-5-7-16/h3-7,17H,8-15H2,1-2H3. The quantitative estimate of drug-likeness (QED) is 0.846. The zero-order valence-corrected chi connectivity index (χ0v) is 13.4. The van der Waals surface area contributed by atoms with E-state index in [9.17, 15) is 0 Å². The molecule has 0 bridgehead atoms. The molecule has 1 aromatic rings. The number of rotatable bonds is 4. The van der Waals surface area contributed by atoms with Crippen molar-refractivity contribution in [1.29, 1.82) is 0 Å². The summed E-state index contributed by atoms with van der Waals surface area (Å²) >= 11 is 0. The molecule has 0 radical (unpaired) electrons. The molecule has 2 fully saturated rings. The van der Waals surface area contributed by atoms with Crippen molar-refractivity contribution in [2.24, 2.45) is 0 Å². The Morgan fingerprint density at radius 1 is 1.19 bits per heavy atom. The third-order valence-electron chi connectivity index (χ3n) is 5.25. The van der Waals surface area contributed by atoms with E-state index >= 15 is 0 Å². The zero-order valence-electron chi connectivity index (χ0n) is 13.4. The van der Waals surface area contributed by atoms with Gasteiger partial charge in [-0.1, -0.05) is 30.3 Å². The van der Waals surface area contributed by atoms with Gasteiger partial charge in [-0.25, -0.2) is 0 Å². The van der Waals surface area contributed by atoms with Gasteiger partial charge in [0.1, 0.15) is 0 Å². The Hall–Kier alpha value is -0.900. The first-order valence-electron chi connectivity index (χ1n) is 8.24. The van der Waals surface area contributed by atoms with Crippen LogP contribution in [0.15, 0.2) is 30.3 Å². The summed E-state index contributed by atoms with van der Waals surface area (Å²) < 4.78 is 6.20. The van der Waals surface area contributed by atoms with E-state index in [-0.39, 0.29) is 5.60 Å². The molecule has 2 aliphatic heterocycles. The van der Waals surface area contributed by atoms with E-state index in [4.69, 9.17) is 4.74 Å². The first-order chi connectivity index (χ1) is 10.2. The molecule has 0 saturated carbocycles. The smallest absolute Gasteiger partial charge is 0.0723 e. The lowest BCUT2D eigenvalue weighted by Crippen LogP contribution is -2.45. The highest BCUT2D eigenvalue weighted by atomic mass is 16.5. The molecule has 116 valence electrons. The second-order valence-electron chi connectivity index (χ2n) is 6.89.